The third-order valence-electron chi connectivity index (χ3n) is 1.39. The van der Waals surface area contributed by atoms with E-state index in [-0.39, 0.29) is 19.0 Å². The van der Waals surface area contributed by atoms with Crippen LogP contribution in [0.25, 0.3) is 0 Å². The molecule has 0 radical (unpaired) electrons. The number of primary amides is 1. The van der Waals surface area contributed by atoms with Crippen molar-refractivity contribution in [2.45, 2.75) is 6.42 Å². The van der Waals surface area contributed by atoms with Gasteiger partial charge in [0, 0.05) is 25.4 Å². The van der Waals surface area contributed by atoms with Crippen LogP contribution in [0.1, 0.15) is 6.42 Å². The van der Waals surface area contributed by atoms with Crippen LogP contribution >= 0.6 is 0 Å². The lowest BCUT2D eigenvalue weighted by Crippen LogP contribution is -2.30. The van der Waals surface area contributed by atoms with E-state index in [1.165, 1.54) is 23.3 Å². The van der Waals surface area contributed by atoms with E-state index in [9.17, 15) is 9.59 Å². The fraction of sp³-hybridized carbons (Fsp3) is 0.286. The fourth-order valence-corrected chi connectivity index (χ4v) is 0.763. The first-order valence-electron chi connectivity index (χ1n) is 3.74. The summed E-state index contributed by atoms with van der Waals surface area (Å²) >= 11 is 0. The van der Waals surface area contributed by atoms with E-state index in [1.54, 1.807) is 0 Å². The van der Waals surface area contributed by atoms with E-state index in [1.807, 2.05) is 0 Å². The maximum atomic E-state index is 11.1. The minimum Gasteiger partial charge on any atom is -0.370 e. The molecule has 70 valence electrons. The van der Waals surface area contributed by atoms with Crippen LogP contribution in [0.15, 0.2) is 18.7 Å². The number of amides is 2. The largest absolute Gasteiger partial charge is 0.370 e. The molecule has 0 bridgehead atoms. The van der Waals surface area contributed by atoms with Gasteiger partial charge in [-0.05, 0) is 0 Å². The molecule has 0 aromatic carbocycles. The van der Waals surface area contributed by atoms with Crippen LogP contribution in [0.5, 0.6) is 0 Å². The van der Waals surface area contributed by atoms with Crippen molar-refractivity contribution in [1.82, 2.24) is 14.9 Å². The number of carbonyl (C=O) groups is 2. The van der Waals surface area contributed by atoms with Gasteiger partial charge in [-0.1, -0.05) is 0 Å². The summed E-state index contributed by atoms with van der Waals surface area (Å²) in [4.78, 5) is 25.2. The van der Waals surface area contributed by atoms with Crippen molar-refractivity contribution in [3.05, 3.63) is 18.7 Å². The van der Waals surface area contributed by atoms with E-state index in [2.05, 4.69) is 10.3 Å². The highest BCUT2D eigenvalue weighted by atomic mass is 16.2. The van der Waals surface area contributed by atoms with Gasteiger partial charge < -0.3 is 11.1 Å². The smallest absolute Gasteiger partial charge is 0.326 e. The number of aromatic nitrogens is 2. The maximum absolute atomic E-state index is 11.1. The molecule has 1 aromatic rings. The summed E-state index contributed by atoms with van der Waals surface area (Å²) < 4.78 is 1.28. The second-order valence-electron chi connectivity index (χ2n) is 2.42. The SMILES string of the molecule is NC(=O)CCNC(=O)n1ccnc1. The summed E-state index contributed by atoms with van der Waals surface area (Å²) in [5.41, 5.74) is 4.89. The molecule has 3 N–H and O–H groups in total. The highest BCUT2D eigenvalue weighted by Crippen LogP contribution is 1.84. The third-order valence-corrected chi connectivity index (χ3v) is 1.39. The Morgan fingerprint density at radius 1 is 1.54 bits per heavy atom. The monoisotopic (exact) mass is 182 g/mol. The van der Waals surface area contributed by atoms with Crippen molar-refractivity contribution < 1.29 is 9.59 Å². The molecule has 6 heteroatoms. The first kappa shape index (κ1) is 9.24. The number of nitrogens with two attached hydrogens (primary N) is 1. The van der Waals surface area contributed by atoms with E-state index < -0.39 is 5.91 Å². The lowest BCUT2D eigenvalue weighted by molar-refractivity contribution is -0.117. The summed E-state index contributed by atoms with van der Waals surface area (Å²) in [6, 6.07) is -0.321. The van der Waals surface area contributed by atoms with Crippen LogP contribution in [0.2, 0.25) is 0 Å². The molecule has 6 nitrogen and oxygen atoms in total. The molecular formula is C7H10N4O2. The molecule has 1 rings (SSSR count). The predicted molar refractivity (Wildman–Crippen MR) is 44.8 cm³/mol. The molecule has 1 heterocycles. The van der Waals surface area contributed by atoms with Gasteiger partial charge in [-0.15, -0.1) is 0 Å². The molecule has 2 amide bonds. The minimum atomic E-state index is -0.439. The zero-order chi connectivity index (χ0) is 9.68. The molecular weight excluding hydrogens is 172 g/mol. The van der Waals surface area contributed by atoms with Crippen molar-refractivity contribution >= 4 is 11.9 Å². The Labute approximate surface area is 74.7 Å². The quantitative estimate of drug-likeness (QED) is 0.648. The molecule has 13 heavy (non-hydrogen) atoms. The highest BCUT2D eigenvalue weighted by molar-refractivity contribution is 5.78. The zero-order valence-corrected chi connectivity index (χ0v) is 6.93. The number of nitrogens with one attached hydrogen (secondary N) is 1. The van der Waals surface area contributed by atoms with Crippen molar-refractivity contribution in [3.8, 4) is 0 Å². The third kappa shape index (κ3) is 2.94. The zero-order valence-electron chi connectivity index (χ0n) is 6.93. The number of hydrogen-bond donors (Lipinski definition) is 2. The van der Waals surface area contributed by atoms with Crippen molar-refractivity contribution in [3.63, 3.8) is 0 Å². The minimum absolute atomic E-state index is 0.139. The Morgan fingerprint density at radius 2 is 2.31 bits per heavy atom. The summed E-state index contributed by atoms with van der Waals surface area (Å²) in [5, 5.41) is 2.50. The van der Waals surface area contributed by atoms with Crippen LogP contribution in [-0.4, -0.2) is 28.0 Å². The number of hydrogen-bond acceptors (Lipinski definition) is 3. The Morgan fingerprint density at radius 3 is 2.85 bits per heavy atom. The van der Waals surface area contributed by atoms with Gasteiger partial charge in [-0.2, -0.15) is 0 Å². The second kappa shape index (κ2) is 4.24. The van der Waals surface area contributed by atoms with E-state index in [0.29, 0.717) is 0 Å². The average molecular weight is 182 g/mol. The normalized spacial score (nSPS) is 9.54. The average Bonchev–Trinajstić information content (AvgIpc) is 2.55. The molecule has 0 saturated carbocycles. The predicted octanol–water partition coefficient (Wildman–Crippen LogP) is -0.684. The van der Waals surface area contributed by atoms with Crippen LogP contribution in [0.4, 0.5) is 4.79 Å². The molecule has 1 aromatic heterocycles. The van der Waals surface area contributed by atoms with Crippen molar-refractivity contribution in [2.24, 2.45) is 5.73 Å². The van der Waals surface area contributed by atoms with Crippen molar-refractivity contribution in [2.75, 3.05) is 6.54 Å². The number of imidazole rings is 1. The summed E-state index contributed by atoms with van der Waals surface area (Å²) in [6.07, 6.45) is 4.52. The number of nitrogens with zero attached hydrogens (tertiary/aromatic N) is 2. The van der Waals surface area contributed by atoms with Gasteiger partial charge in [0.25, 0.3) is 0 Å². The Bertz CT molecular complexity index is 293. The molecule has 0 aliphatic rings. The molecule has 0 unspecified atom stereocenters. The summed E-state index contributed by atoms with van der Waals surface area (Å²) in [6.45, 7) is 0.242. The lowest BCUT2D eigenvalue weighted by Gasteiger charge is -2.02. The first-order chi connectivity index (χ1) is 6.20. The fourth-order valence-electron chi connectivity index (χ4n) is 0.763. The van der Waals surface area contributed by atoms with E-state index >= 15 is 0 Å². The Kier molecular flexibility index (Phi) is 3.02. The van der Waals surface area contributed by atoms with Crippen LogP contribution in [-0.2, 0) is 4.79 Å². The van der Waals surface area contributed by atoms with Crippen LogP contribution < -0.4 is 11.1 Å². The van der Waals surface area contributed by atoms with E-state index in [0.717, 1.165) is 0 Å². The molecule has 0 atom stereocenters. The highest BCUT2D eigenvalue weighted by Gasteiger charge is 2.02. The van der Waals surface area contributed by atoms with Gasteiger partial charge in [-0.25, -0.2) is 9.78 Å². The lowest BCUT2D eigenvalue weighted by atomic mass is 10.4. The molecule has 0 fully saturated rings. The van der Waals surface area contributed by atoms with Gasteiger partial charge in [0.15, 0.2) is 0 Å². The molecule has 0 spiro atoms. The van der Waals surface area contributed by atoms with Gasteiger partial charge in [0.2, 0.25) is 5.91 Å². The van der Waals surface area contributed by atoms with Gasteiger partial charge in [0.1, 0.15) is 6.33 Å². The molecule has 0 aliphatic heterocycles. The number of carbonyl (C=O) groups excluding carboxylic acids is 2. The Hall–Kier alpha value is -1.85. The van der Waals surface area contributed by atoms with Gasteiger partial charge in [-0.3, -0.25) is 9.36 Å². The summed E-state index contributed by atoms with van der Waals surface area (Å²) in [5.74, 6) is -0.439. The Balaban J connectivity index is 2.31. The van der Waals surface area contributed by atoms with Gasteiger partial charge in [0.05, 0.1) is 0 Å². The number of rotatable bonds is 3. The first-order valence-corrected chi connectivity index (χ1v) is 3.74. The van der Waals surface area contributed by atoms with E-state index in [4.69, 9.17) is 5.73 Å². The maximum Gasteiger partial charge on any atom is 0.326 e. The van der Waals surface area contributed by atoms with Crippen molar-refractivity contribution in [1.29, 1.82) is 0 Å². The topological polar surface area (TPSA) is 90.0 Å². The summed E-state index contributed by atoms with van der Waals surface area (Å²) in [7, 11) is 0. The molecule has 0 aliphatic carbocycles. The van der Waals surface area contributed by atoms with Crippen LogP contribution in [0, 0.1) is 0 Å². The van der Waals surface area contributed by atoms with Crippen LogP contribution in [0.3, 0.4) is 0 Å². The van der Waals surface area contributed by atoms with Gasteiger partial charge >= 0.3 is 6.03 Å². The molecule has 0 saturated heterocycles. The standard InChI is InChI=1S/C7H10N4O2/c8-6(12)1-2-10-7(13)11-4-3-9-5-11/h3-5H,1-2H2,(H2,8,12)(H,10,13). The second-order valence-corrected chi connectivity index (χ2v) is 2.42.